The Balaban J connectivity index is 2.37. The van der Waals surface area contributed by atoms with Crippen molar-refractivity contribution in [3.05, 3.63) is 35.4 Å². The highest BCUT2D eigenvalue weighted by molar-refractivity contribution is 5.83. The normalized spacial score (nSPS) is 13.4. The first-order valence-corrected chi connectivity index (χ1v) is 8.08. The second kappa shape index (κ2) is 9.23. The van der Waals surface area contributed by atoms with E-state index in [1.54, 1.807) is 6.92 Å². The number of benzene rings is 1. The number of aliphatic carboxylic acids is 1. The van der Waals surface area contributed by atoms with E-state index < -0.39 is 12.0 Å². The summed E-state index contributed by atoms with van der Waals surface area (Å²) in [6.45, 7) is 6.14. The third kappa shape index (κ3) is 5.88. The molecule has 0 radical (unpaired) electrons. The SMILES string of the molecule is CCC(NC(=O)CCCc1ccc(C(C)CC)cc1)C(=O)O. The summed E-state index contributed by atoms with van der Waals surface area (Å²) in [6.07, 6.45) is 3.44. The minimum atomic E-state index is -0.975. The van der Waals surface area contributed by atoms with E-state index in [4.69, 9.17) is 5.11 Å². The van der Waals surface area contributed by atoms with Gasteiger partial charge in [-0.1, -0.05) is 45.0 Å². The Morgan fingerprint density at radius 3 is 2.27 bits per heavy atom. The Morgan fingerprint density at radius 1 is 1.14 bits per heavy atom. The molecular formula is C18H27NO3. The number of aryl methyl sites for hydroxylation is 1. The fourth-order valence-corrected chi connectivity index (χ4v) is 2.31. The van der Waals surface area contributed by atoms with Crippen molar-refractivity contribution in [1.29, 1.82) is 0 Å². The molecular weight excluding hydrogens is 278 g/mol. The predicted molar refractivity (Wildman–Crippen MR) is 87.9 cm³/mol. The topological polar surface area (TPSA) is 66.4 Å². The lowest BCUT2D eigenvalue weighted by Gasteiger charge is -2.12. The van der Waals surface area contributed by atoms with Crippen LogP contribution >= 0.6 is 0 Å². The van der Waals surface area contributed by atoms with Crippen molar-refractivity contribution >= 4 is 11.9 Å². The van der Waals surface area contributed by atoms with Crippen molar-refractivity contribution in [2.45, 2.75) is 64.8 Å². The van der Waals surface area contributed by atoms with Gasteiger partial charge in [-0.2, -0.15) is 0 Å². The molecule has 122 valence electrons. The van der Waals surface area contributed by atoms with Crippen LogP contribution in [-0.2, 0) is 16.0 Å². The Morgan fingerprint density at radius 2 is 1.77 bits per heavy atom. The van der Waals surface area contributed by atoms with Gasteiger partial charge in [0.2, 0.25) is 5.91 Å². The van der Waals surface area contributed by atoms with Crippen LogP contribution in [0.1, 0.15) is 63.5 Å². The number of amides is 1. The molecule has 1 aromatic rings. The molecule has 0 bridgehead atoms. The lowest BCUT2D eigenvalue weighted by atomic mass is 9.96. The van der Waals surface area contributed by atoms with Crippen LogP contribution in [0.25, 0.3) is 0 Å². The second-order valence-electron chi connectivity index (χ2n) is 5.77. The molecule has 0 aliphatic rings. The molecule has 0 aliphatic heterocycles. The van der Waals surface area contributed by atoms with Crippen molar-refractivity contribution < 1.29 is 14.7 Å². The summed E-state index contributed by atoms with van der Waals surface area (Å²) in [5.74, 6) is -0.594. The first-order valence-electron chi connectivity index (χ1n) is 8.08. The first kappa shape index (κ1) is 18.2. The zero-order valence-electron chi connectivity index (χ0n) is 13.8. The molecule has 22 heavy (non-hydrogen) atoms. The predicted octanol–water partition coefficient (Wildman–Crippen LogP) is 3.50. The first-order chi connectivity index (χ1) is 10.5. The molecule has 0 saturated heterocycles. The van der Waals surface area contributed by atoms with Crippen LogP contribution in [0.5, 0.6) is 0 Å². The number of hydrogen-bond acceptors (Lipinski definition) is 2. The average molecular weight is 305 g/mol. The fraction of sp³-hybridized carbons (Fsp3) is 0.556. The smallest absolute Gasteiger partial charge is 0.326 e. The molecule has 1 rings (SSSR count). The lowest BCUT2D eigenvalue weighted by molar-refractivity contribution is -0.141. The van der Waals surface area contributed by atoms with Crippen LogP contribution < -0.4 is 5.32 Å². The van der Waals surface area contributed by atoms with Gasteiger partial charge in [0.05, 0.1) is 0 Å². The number of hydrogen-bond donors (Lipinski definition) is 2. The molecule has 2 unspecified atom stereocenters. The quantitative estimate of drug-likeness (QED) is 0.734. The molecule has 0 aromatic heterocycles. The highest BCUT2D eigenvalue weighted by Gasteiger charge is 2.16. The maximum Gasteiger partial charge on any atom is 0.326 e. The fourth-order valence-electron chi connectivity index (χ4n) is 2.31. The van der Waals surface area contributed by atoms with Crippen LogP contribution in [0.2, 0.25) is 0 Å². The van der Waals surface area contributed by atoms with Crippen molar-refractivity contribution in [2.24, 2.45) is 0 Å². The molecule has 0 heterocycles. The van der Waals surface area contributed by atoms with E-state index in [1.165, 1.54) is 11.1 Å². The highest BCUT2D eigenvalue weighted by Crippen LogP contribution is 2.19. The van der Waals surface area contributed by atoms with Gasteiger partial charge in [-0.3, -0.25) is 4.79 Å². The largest absolute Gasteiger partial charge is 0.480 e. The average Bonchev–Trinajstić information content (AvgIpc) is 2.52. The minimum absolute atomic E-state index is 0.189. The van der Waals surface area contributed by atoms with Gasteiger partial charge in [-0.05, 0) is 42.7 Å². The number of carbonyl (C=O) groups excluding carboxylic acids is 1. The van der Waals surface area contributed by atoms with Gasteiger partial charge < -0.3 is 10.4 Å². The molecule has 1 aromatic carbocycles. The number of carboxylic acid groups (broad SMARTS) is 1. The van der Waals surface area contributed by atoms with Gasteiger partial charge in [0, 0.05) is 6.42 Å². The van der Waals surface area contributed by atoms with E-state index in [1.807, 2.05) is 0 Å². The highest BCUT2D eigenvalue weighted by atomic mass is 16.4. The molecule has 0 spiro atoms. The Bertz CT molecular complexity index is 482. The van der Waals surface area contributed by atoms with Crippen LogP contribution in [0, 0.1) is 0 Å². The van der Waals surface area contributed by atoms with Crippen LogP contribution in [0.15, 0.2) is 24.3 Å². The summed E-state index contributed by atoms with van der Waals surface area (Å²) in [7, 11) is 0. The van der Waals surface area contributed by atoms with Crippen molar-refractivity contribution in [3.63, 3.8) is 0 Å². The van der Waals surface area contributed by atoms with Gasteiger partial charge in [0.15, 0.2) is 0 Å². The zero-order valence-corrected chi connectivity index (χ0v) is 13.8. The Hall–Kier alpha value is -1.84. The number of carboxylic acids is 1. The Kier molecular flexibility index (Phi) is 7.64. The Labute approximate surface area is 132 Å². The van der Waals surface area contributed by atoms with Crippen molar-refractivity contribution in [2.75, 3.05) is 0 Å². The summed E-state index contributed by atoms with van der Waals surface area (Å²) in [5.41, 5.74) is 2.56. The van der Waals surface area contributed by atoms with Gasteiger partial charge >= 0.3 is 5.97 Å². The molecule has 4 heteroatoms. The maximum atomic E-state index is 11.7. The van der Waals surface area contributed by atoms with Gasteiger partial charge in [-0.25, -0.2) is 4.79 Å². The third-order valence-corrected chi connectivity index (χ3v) is 4.07. The maximum absolute atomic E-state index is 11.7. The third-order valence-electron chi connectivity index (χ3n) is 4.07. The number of rotatable bonds is 9. The van der Waals surface area contributed by atoms with Crippen molar-refractivity contribution in [1.82, 2.24) is 5.32 Å². The van der Waals surface area contributed by atoms with E-state index in [-0.39, 0.29) is 5.91 Å². The summed E-state index contributed by atoms with van der Waals surface area (Å²) in [6, 6.07) is 7.77. The van der Waals surface area contributed by atoms with Crippen LogP contribution in [0.3, 0.4) is 0 Å². The lowest BCUT2D eigenvalue weighted by Crippen LogP contribution is -2.40. The molecule has 1 amide bonds. The van der Waals surface area contributed by atoms with E-state index >= 15 is 0 Å². The van der Waals surface area contributed by atoms with Crippen LogP contribution in [-0.4, -0.2) is 23.0 Å². The standard InChI is InChI=1S/C18H27NO3/c1-4-13(3)15-11-9-14(10-12-15)7-6-8-17(20)19-16(5-2)18(21)22/h9-13,16H,4-8H2,1-3H3,(H,19,20)(H,21,22). The van der Waals surface area contributed by atoms with Crippen LogP contribution in [0.4, 0.5) is 0 Å². The van der Waals surface area contributed by atoms with Gasteiger partial charge in [-0.15, -0.1) is 0 Å². The minimum Gasteiger partial charge on any atom is -0.480 e. The number of carbonyl (C=O) groups is 2. The summed E-state index contributed by atoms with van der Waals surface area (Å²) in [4.78, 5) is 22.6. The molecule has 0 aliphatic carbocycles. The molecule has 0 saturated carbocycles. The van der Waals surface area contributed by atoms with Gasteiger partial charge in [0.1, 0.15) is 6.04 Å². The van der Waals surface area contributed by atoms with E-state index in [9.17, 15) is 9.59 Å². The summed E-state index contributed by atoms with van der Waals surface area (Å²) >= 11 is 0. The monoisotopic (exact) mass is 305 g/mol. The zero-order chi connectivity index (χ0) is 16.5. The summed E-state index contributed by atoms with van der Waals surface area (Å²) in [5, 5.41) is 11.4. The van der Waals surface area contributed by atoms with Crippen molar-refractivity contribution in [3.8, 4) is 0 Å². The van der Waals surface area contributed by atoms with E-state index in [0.29, 0.717) is 18.8 Å². The molecule has 2 N–H and O–H groups in total. The van der Waals surface area contributed by atoms with E-state index in [2.05, 4.69) is 43.4 Å². The molecule has 4 nitrogen and oxygen atoms in total. The van der Waals surface area contributed by atoms with Gasteiger partial charge in [0.25, 0.3) is 0 Å². The number of nitrogens with one attached hydrogen (secondary N) is 1. The summed E-state index contributed by atoms with van der Waals surface area (Å²) < 4.78 is 0. The second-order valence-corrected chi connectivity index (χ2v) is 5.77. The molecule has 2 atom stereocenters. The molecule has 0 fully saturated rings. The van der Waals surface area contributed by atoms with E-state index in [0.717, 1.165) is 19.3 Å².